The van der Waals surface area contributed by atoms with E-state index in [-0.39, 0.29) is 23.4 Å². The van der Waals surface area contributed by atoms with Gasteiger partial charge in [0.15, 0.2) is 11.3 Å². The summed E-state index contributed by atoms with van der Waals surface area (Å²) in [7, 11) is 1.61. The molecule has 1 aliphatic carbocycles. The van der Waals surface area contributed by atoms with Crippen LogP contribution in [-0.2, 0) is 16.1 Å². The molecule has 154 valence electrons. The second-order valence-electron chi connectivity index (χ2n) is 7.50. The maximum atomic E-state index is 13.1. The molecule has 0 unspecified atom stereocenters. The summed E-state index contributed by atoms with van der Waals surface area (Å²) >= 11 is 0. The third-order valence-corrected chi connectivity index (χ3v) is 5.44. The lowest BCUT2D eigenvalue weighted by molar-refractivity contribution is -0.134. The summed E-state index contributed by atoms with van der Waals surface area (Å²) < 4.78 is 6.58. The van der Waals surface area contributed by atoms with Crippen molar-refractivity contribution in [2.75, 3.05) is 39.9 Å². The predicted octanol–water partition coefficient (Wildman–Crippen LogP) is 0.522. The standard InChI is InChI=1S/C20H25N5O4/c1-29-13-3-8-25-17-15(4-2-7-21-17)22-16(20(25)28)19(27)24-11-9-23(10-12-24)18(26)14-5-6-14/h2,4,7,14H,3,5-6,8-13H2,1H3. The molecule has 9 nitrogen and oxygen atoms in total. The predicted molar refractivity (Wildman–Crippen MR) is 105 cm³/mol. The molecule has 0 N–H and O–H groups in total. The highest BCUT2D eigenvalue weighted by atomic mass is 16.5. The molecule has 0 bridgehead atoms. The lowest BCUT2D eigenvalue weighted by Crippen LogP contribution is -2.52. The van der Waals surface area contributed by atoms with Crippen molar-refractivity contribution in [1.29, 1.82) is 0 Å². The van der Waals surface area contributed by atoms with Crippen molar-refractivity contribution in [2.45, 2.75) is 25.8 Å². The largest absolute Gasteiger partial charge is 0.385 e. The molecule has 0 atom stereocenters. The van der Waals surface area contributed by atoms with Gasteiger partial charge in [0, 0.05) is 58.6 Å². The van der Waals surface area contributed by atoms with Crippen LogP contribution in [0.4, 0.5) is 0 Å². The number of aromatic nitrogens is 3. The molecule has 9 heteroatoms. The lowest BCUT2D eigenvalue weighted by Gasteiger charge is -2.34. The summed E-state index contributed by atoms with van der Waals surface area (Å²) in [6.07, 6.45) is 4.17. The zero-order valence-electron chi connectivity index (χ0n) is 16.5. The van der Waals surface area contributed by atoms with E-state index in [1.807, 2.05) is 4.90 Å². The number of hydrogen-bond acceptors (Lipinski definition) is 6. The van der Waals surface area contributed by atoms with Gasteiger partial charge >= 0.3 is 0 Å². The molecule has 29 heavy (non-hydrogen) atoms. The summed E-state index contributed by atoms with van der Waals surface area (Å²) in [5.41, 5.74) is 0.444. The second kappa shape index (κ2) is 8.28. The molecule has 2 aromatic heterocycles. The monoisotopic (exact) mass is 399 g/mol. The molecular formula is C20H25N5O4. The number of methoxy groups -OCH3 is 1. The summed E-state index contributed by atoms with van der Waals surface area (Å²) in [5.74, 6) is -0.0292. The number of fused-ring (bicyclic) bond motifs is 1. The number of carbonyl (C=O) groups is 2. The van der Waals surface area contributed by atoms with E-state index in [9.17, 15) is 14.4 Å². The van der Waals surface area contributed by atoms with Crippen LogP contribution in [-0.4, -0.2) is 76.0 Å². The third-order valence-electron chi connectivity index (χ3n) is 5.44. The van der Waals surface area contributed by atoms with Crippen LogP contribution < -0.4 is 5.56 Å². The molecule has 1 saturated heterocycles. The van der Waals surface area contributed by atoms with E-state index in [0.29, 0.717) is 56.9 Å². The van der Waals surface area contributed by atoms with Gasteiger partial charge in [-0.3, -0.25) is 19.0 Å². The van der Waals surface area contributed by atoms with Crippen LogP contribution in [0.15, 0.2) is 23.1 Å². The van der Waals surface area contributed by atoms with Gasteiger partial charge in [0.1, 0.15) is 5.52 Å². The van der Waals surface area contributed by atoms with Gasteiger partial charge in [-0.1, -0.05) is 0 Å². The molecule has 2 aromatic rings. The number of ether oxygens (including phenoxy) is 1. The fourth-order valence-electron chi connectivity index (χ4n) is 3.66. The normalized spacial score (nSPS) is 17.0. The number of pyridine rings is 1. The number of piperazine rings is 1. The number of hydrogen-bond donors (Lipinski definition) is 0. The zero-order chi connectivity index (χ0) is 20.4. The summed E-state index contributed by atoms with van der Waals surface area (Å²) in [6.45, 7) is 2.72. The number of aryl methyl sites for hydroxylation is 1. The van der Waals surface area contributed by atoms with Gasteiger partial charge in [-0.25, -0.2) is 9.97 Å². The fourth-order valence-corrected chi connectivity index (χ4v) is 3.66. The van der Waals surface area contributed by atoms with Crippen molar-refractivity contribution in [1.82, 2.24) is 24.3 Å². The summed E-state index contributed by atoms with van der Waals surface area (Å²) in [5, 5.41) is 0. The first-order valence-electron chi connectivity index (χ1n) is 10.0. The molecule has 2 amide bonds. The van der Waals surface area contributed by atoms with Gasteiger partial charge in [-0.2, -0.15) is 0 Å². The number of rotatable bonds is 6. The minimum Gasteiger partial charge on any atom is -0.385 e. The van der Waals surface area contributed by atoms with Crippen molar-refractivity contribution < 1.29 is 14.3 Å². The maximum absolute atomic E-state index is 13.1. The Balaban J connectivity index is 1.56. The Labute approximate surface area is 168 Å². The Hall–Kier alpha value is -2.81. The van der Waals surface area contributed by atoms with Crippen molar-refractivity contribution in [3.63, 3.8) is 0 Å². The van der Waals surface area contributed by atoms with Gasteiger partial charge < -0.3 is 14.5 Å². The van der Waals surface area contributed by atoms with Crippen LogP contribution >= 0.6 is 0 Å². The number of nitrogens with zero attached hydrogens (tertiary/aromatic N) is 5. The number of amides is 2. The topological polar surface area (TPSA) is 97.6 Å². The quantitative estimate of drug-likeness (QED) is 0.657. The van der Waals surface area contributed by atoms with E-state index in [2.05, 4.69) is 9.97 Å². The van der Waals surface area contributed by atoms with Crippen LogP contribution in [0.1, 0.15) is 29.8 Å². The molecule has 1 aliphatic heterocycles. The minimum atomic E-state index is -0.436. The van der Waals surface area contributed by atoms with Gasteiger partial charge in [0.2, 0.25) is 5.91 Å². The average Bonchev–Trinajstić information content (AvgIpc) is 3.60. The van der Waals surface area contributed by atoms with Gasteiger partial charge in [-0.15, -0.1) is 0 Å². The lowest BCUT2D eigenvalue weighted by atomic mass is 10.2. The van der Waals surface area contributed by atoms with E-state index in [0.717, 1.165) is 12.8 Å². The Kier molecular flexibility index (Phi) is 5.57. The van der Waals surface area contributed by atoms with Crippen molar-refractivity contribution in [3.8, 4) is 0 Å². The van der Waals surface area contributed by atoms with Crippen LogP contribution in [0.2, 0.25) is 0 Å². The first-order valence-corrected chi connectivity index (χ1v) is 10.0. The van der Waals surface area contributed by atoms with Gasteiger partial charge in [0.25, 0.3) is 11.5 Å². The second-order valence-corrected chi connectivity index (χ2v) is 7.50. The highest BCUT2D eigenvalue weighted by molar-refractivity contribution is 5.93. The van der Waals surface area contributed by atoms with E-state index in [4.69, 9.17) is 4.74 Å². The summed E-state index contributed by atoms with van der Waals surface area (Å²) in [4.78, 5) is 50.4. The average molecular weight is 399 g/mol. The SMILES string of the molecule is COCCCn1c(=O)c(C(=O)N2CCN(C(=O)C3CC3)CC2)nc2cccnc21. The Bertz CT molecular complexity index is 976. The van der Waals surface area contributed by atoms with Crippen LogP contribution in [0.3, 0.4) is 0 Å². The van der Waals surface area contributed by atoms with Crippen molar-refractivity contribution >= 4 is 23.0 Å². The van der Waals surface area contributed by atoms with E-state index in [1.54, 1.807) is 30.3 Å². The van der Waals surface area contributed by atoms with Crippen molar-refractivity contribution in [3.05, 3.63) is 34.4 Å². The van der Waals surface area contributed by atoms with E-state index >= 15 is 0 Å². The molecule has 1 saturated carbocycles. The van der Waals surface area contributed by atoms with Crippen LogP contribution in [0, 0.1) is 5.92 Å². The molecule has 0 aromatic carbocycles. The fraction of sp³-hybridized carbons (Fsp3) is 0.550. The first-order chi connectivity index (χ1) is 14.1. The molecule has 3 heterocycles. The molecule has 2 aliphatic rings. The smallest absolute Gasteiger partial charge is 0.283 e. The van der Waals surface area contributed by atoms with Crippen LogP contribution in [0.25, 0.3) is 11.2 Å². The van der Waals surface area contributed by atoms with E-state index in [1.165, 1.54) is 4.57 Å². The van der Waals surface area contributed by atoms with Gasteiger partial charge in [-0.05, 0) is 31.4 Å². The Morgan fingerprint density at radius 2 is 1.90 bits per heavy atom. The molecule has 4 rings (SSSR count). The third kappa shape index (κ3) is 4.00. The van der Waals surface area contributed by atoms with Gasteiger partial charge in [0.05, 0.1) is 0 Å². The Morgan fingerprint density at radius 1 is 1.17 bits per heavy atom. The number of carbonyl (C=O) groups excluding carboxylic acids is 2. The molecule has 0 radical (unpaired) electrons. The first kappa shape index (κ1) is 19.5. The van der Waals surface area contributed by atoms with Crippen LogP contribution in [0.5, 0.6) is 0 Å². The zero-order valence-corrected chi connectivity index (χ0v) is 16.5. The molecular weight excluding hydrogens is 374 g/mol. The summed E-state index contributed by atoms with van der Waals surface area (Å²) in [6, 6.07) is 3.48. The maximum Gasteiger partial charge on any atom is 0.283 e. The van der Waals surface area contributed by atoms with Crippen molar-refractivity contribution in [2.24, 2.45) is 5.92 Å². The Morgan fingerprint density at radius 3 is 2.59 bits per heavy atom. The minimum absolute atomic E-state index is 0.0927. The molecule has 0 spiro atoms. The molecule has 2 fully saturated rings. The highest BCUT2D eigenvalue weighted by Gasteiger charge is 2.35. The van der Waals surface area contributed by atoms with E-state index < -0.39 is 5.56 Å². The highest BCUT2D eigenvalue weighted by Crippen LogP contribution is 2.31.